The maximum atomic E-state index is 12.0. The third-order valence-corrected chi connectivity index (χ3v) is 4.97. The van der Waals surface area contributed by atoms with Gasteiger partial charge in [-0.15, -0.1) is 6.58 Å². The van der Waals surface area contributed by atoms with Crippen molar-refractivity contribution in [1.29, 1.82) is 0 Å². The van der Waals surface area contributed by atoms with E-state index in [0.29, 0.717) is 10.7 Å². The Labute approximate surface area is 162 Å². The van der Waals surface area contributed by atoms with Crippen molar-refractivity contribution >= 4 is 39.2 Å². The maximum Gasteiger partial charge on any atom is 0.338 e. The van der Waals surface area contributed by atoms with Gasteiger partial charge in [-0.2, -0.15) is 0 Å². The Kier molecular flexibility index (Phi) is 7.12. The fourth-order valence-electron chi connectivity index (χ4n) is 1.97. The van der Waals surface area contributed by atoms with E-state index >= 15 is 0 Å². The largest absolute Gasteiger partial charge is 0.452 e. The molecule has 0 aromatic heterocycles. The van der Waals surface area contributed by atoms with Gasteiger partial charge in [0.25, 0.3) is 5.91 Å². The predicted molar refractivity (Wildman–Crippen MR) is 102 cm³/mol. The molecule has 7 nitrogen and oxygen atoms in total. The minimum absolute atomic E-state index is 0.00128. The van der Waals surface area contributed by atoms with Gasteiger partial charge in [0.1, 0.15) is 0 Å². The molecule has 2 aromatic rings. The van der Waals surface area contributed by atoms with Gasteiger partial charge in [-0.1, -0.05) is 17.7 Å². The van der Waals surface area contributed by atoms with Crippen LogP contribution in [0.15, 0.2) is 66.1 Å². The van der Waals surface area contributed by atoms with E-state index < -0.39 is 28.5 Å². The summed E-state index contributed by atoms with van der Waals surface area (Å²) in [5, 5.41) is 3.09. The minimum atomic E-state index is -3.68. The summed E-state index contributed by atoms with van der Waals surface area (Å²) in [5.74, 6) is -1.26. The second kappa shape index (κ2) is 9.31. The fourth-order valence-corrected chi connectivity index (χ4v) is 3.09. The number of nitrogens with one attached hydrogen (secondary N) is 2. The van der Waals surface area contributed by atoms with Crippen LogP contribution >= 0.6 is 11.6 Å². The molecule has 0 radical (unpaired) electrons. The molecule has 1 amide bonds. The number of anilines is 1. The molecular weight excluding hydrogens is 392 g/mol. The van der Waals surface area contributed by atoms with Crippen LogP contribution in [0.5, 0.6) is 0 Å². The number of hydrogen-bond donors (Lipinski definition) is 2. The van der Waals surface area contributed by atoms with Crippen molar-refractivity contribution in [2.45, 2.75) is 4.90 Å². The fraction of sp³-hybridized carbons (Fsp3) is 0.111. The van der Waals surface area contributed by atoms with Gasteiger partial charge in [-0.05, 0) is 48.5 Å². The topological polar surface area (TPSA) is 102 Å². The first kappa shape index (κ1) is 20.6. The highest BCUT2D eigenvalue weighted by Gasteiger charge is 2.15. The number of benzene rings is 2. The van der Waals surface area contributed by atoms with Gasteiger partial charge in [0.05, 0.1) is 10.5 Å². The van der Waals surface area contributed by atoms with Gasteiger partial charge >= 0.3 is 5.97 Å². The molecule has 0 bridgehead atoms. The van der Waals surface area contributed by atoms with E-state index in [1.54, 1.807) is 24.3 Å². The summed E-state index contributed by atoms with van der Waals surface area (Å²) in [6.07, 6.45) is 1.42. The van der Waals surface area contributed by atoms with Crippen LogP contribution < -0.4 is 10.0 Å². The number of carbonyl (C=O) groups excluding carboxylic acids is 2. The van der Waals surface area contributed by atoms with Crippen LogP contribution in [0.2, 0.25) is 5.02 Å². The summed E-state index contributed by atoms with van der Waals surface area (Å²) in [4.78, 5) is 23.8. The van der Waals surface area contributed by atoms with Crippen LogP contribution in [0.25, 0.3) is 0 Å². The molecule has 0 spiro atoms. The van der Waals surface area contributed by atoms with Gasteiger partial charge < -0.3 is 10.1 Å². The molecule has 27 heavy (non-hydrogen) atoms. The lowest BCUT2D eigenvalue weighted by Crippen LogP contribution is -2.23. The van der Waals surface area contributed by atoms with Crippen LogP contribution in [0.4, 0.5) is 5.69 Å². The number of carbonyl (C=O) groups is 2. The molecule has 0 saturated heterocycles. The van der Waals surface area contributed by atoms with E-state index in [4.69, 9.17) is 16.3 Å². The molecule has 2 rings (SSSR count). The zero-order valence-corrected chi connectivity index (χ0v) is 15.7. The standard InChI is InChI=1S/C18H17ClN2O5S/c1-2-11-20-27(24,25)16-9-3-13(4-10-16)18(23)26-12-17(22)21-15-7-5-14(19)6-8-15/h2-10,20H,1,11-12H2,(H,21,22). The Balaban J connectivity index is 1.91. The van der Waals surface area contributed by atoms with Crippen molar-refractivity contribution in [3.63, 3.8) is 0 Å². The van der Waals surface area contributed by atoms with Crippen molar-refractivity contribution in [2.24, 2.45) is 0 Å². The van der Waals surface area contributed by atoms with Gasteiger partial charge in [-0.25, -0.2) is 17.9 Å². The van der Waals surface area contributed by atoms with E-state index in [0.717, 1.165) is 0 Å². The van der Waals surface area contributed by atoms with Gasteiger partial charge in [0.15, 0.2) is 6.61 Å². The van der Waals surface area contributed by atoms with Crippen LogP contribution in [-0.2, 0) is 19.6 Å². The Morgan fingerprint density at radius 2 is 1.70 bits per heavy atom. The van der Waals surface area contributed by atoms with Gasteiger partial charge in [0.2, 0.25) is 10.0 Å². The average Bonchev–Trinajstić information content (AvgIpc) is 2.66. The number of ether oxygens (including phenoxy) is 1. The molecule has 0 unspecified atom stereocenters. The highest BCUT2D eigenvalue weighted by atomic mass is 35.5. The van der Waals surface area contributed by atoms with E-state index in [1.165, 1.54) is 30.3 Å². The minimum Gasteiger partial charge on any atom is -0.452 e. The van der Waals surface area contributed by atoms with Crippen molar-refractivity contribution in [3.05, 3.63) is 71.8 Å². The molecule has 0 heterocycles. The van der Waals surface area contributed by atoms with E-state index in [-0.39, 0.29) is 17.0 Å². The lowest BCUT2D eigenvalue weighted by Gasteiger charge is -2.08. The number of esters is 1. The molecular formula is C18H17ClN2O5S. The molecule has 0 aliphatic rings. The summed E-state index contributed by atoms with van der Waals surface area (Å²) in [6, 6.07) is 11.6. The van der Waals surface area contributed by atoms with Crippen LogP contribution in [-0.4, -0.2) is 33.4 Å². The maximum absolute atomic E-state index is 12.0. The smallest absolute Gasteiger partial charge is 0.338 e. The Morgan fingerprint density at radius 3 is 2.30 bits per heavy atom. The molecule has 0 aliphatic carbocycles. The van der Waals surface area contributed by atoms with E-state index in [2.05, 4.69) is 16.6 Å². The quantitative estimate of drug-likeness (QED) is 0.516. The van der Waals surface area contributed by atoms with Crippen molar-refractivity contribution in [3.8, 4) is 0 Å². The molecule has 142 valence electrons. The van der Waals surface area contributed by atoms with Crippen molar-refractivity contribution in [2.75, 3.05) is 18.5 Å². The first-order valence-corrected chi connectivity index (χ1v) is 9.61. The number of amides is 1. The Bertz CT molecular complexity index is 925. The number of rotatable bonds is 8. The number of hydrogen-bond acceptors (Lipinski definition) is 5. The SMILES string of the molecule is C=CCNS(=O)(=O)c1ccc(C(=O)OCC(=O)Nc2ccc(Cl)cc2)cc1. The molecule has 0 fully saturated rings. The summed E-state index contributed by atoms with van der Waals surface area (Å²) in [6.45, 7) is 3.04. The normalized spacial score (nSPS) is 10.9. The molecule has 0 atom stereocenters. The Morgan fingerprint density at radius 1 is 1.07 bits per heavy atom. The van der Waals surface area contributed by atoms with Crippen LogP contribution in [0, 0.1) is 0 Å². The summed E-state index contributed by atoms with van der Waals surface area (Å²) in [5.41, 5.74) is 0.638. The Hall–Kier alpha value is -2.68. The van der Waals surface area contributed by atoms with Gasteiger partial charge in [0, 0.05) is 17.3 Å². The van der Waals surface area contributed by atoms with Crippen molar-refractivity contribution in [1.82, 2.24) is 4.72 Å². The third-order valence-electron chi connectivity index (χ3n) is 3.28. The molecule has 9 heteroatoms. The van der Waals surface area contributed by atoms with Crippen molar-refractivity contribution < 1.29 is 22.7 Å². The lowest BCUT2D eigenvalue weighted by atomic mass is 10.2. The molecule has 0 saturated carbocycles. The highest BCUT2D eigenvalue weighted by Crippen LogP contribution is 2.14. The monoisotopic (exact) mass is 408 g/mol. The van der Waals surface area contributed by atoms with E-state index in [1.807, 2.05) is 0 Å². The average molecular weight is 409 g/mol. The second-order valence-electron chi connectivity index (χ2n) is 5.30. The summed E-state index contributed by atoms with van der Waals surface area (Å²) >= 11 is 5.75. The summed E-state index contributed by atoms with van der Waals surface area (Å²) in [7, 11) is -3.68. The van der Waals surface area contributed by atoms with Gasteiger partial charge in [-0.3, -0.25) is 4.79 Å². The zero-order valence-electron chi connectivity index (χ0n) is 14.1. The number of sulfonamides is 1. The summed E-state index contributed by atoms with van der Waals surface area (Å²) < 4.78 is 31.1. The molecule has 0 aliphatic heterocycles. The molecule has 2 N–H and O–H groups in total. The second-order valence-corrected chi connectivity index (χ2v) is 7.50. The highest BCUT2D eigenvalue weighted by molar-refractivity contribution is 7.89. The van der Waals surface area contributed by atoms with E-state index in [9.17, 15) is 18.0 Å². The third kappa shape index (κ3) is 6.21. The first-order chi connectivity index (χ1) is 12.8. The lowest BCUT2D eigenvalue weighted by molar-refractivity contribution is -0.119. The van der Waals surface area contributed by atoms with Crippen LogP contribution in [0.3, 0.4) is 0 Å². The molecule has 2 aromatic carbocycles. The zero-order chi connectivity index (χ0) is 19.9. The number of halogens is 1. The first-order valence-electron chi connectivity index (χ1n) is 7.75. The van der Waals surface area contributed by atoms with Crippen LogP contribution in [0.1, 0.15) is 10.4 Å². The predicted octanol–water partition coefficient (Wildman–Crippen LogP) is 2.60.